The molecule has 0 radical (unpaired) electrons. The SMILES string of the molecule is C/C=C\c1coc2cc(C(=O)OCC)[nH]c12. The summed E-state index contributed by atoms with van der Waals surface area (Å²) in [5, 5.41) is 0. The zero-order valence-electron chi connectivity index (χ0n) is 9.24. The molecule has 0 spiro atoms. The summed E-state index contributed by atoms with van der Waals surface area (Å²) in [5.74, 6) is -0.361. The van der Waals surface area contributed by atoms with Crippen LogP contribution in [-0.2, 0) is 4.74 Å². The topological polar surface area (TPSA) is 55.2 Å². The second kappa shape index (κ2) is 4.26. The van der Waals surface area contributed by atoms with Crippen molar-refractivity contribution < 1.29 is 13.9 Å². The molecule has 2 rings (SSSR count). The van der Waals surface area contributed by atoms with E-state index in [9.17, 15) is 4.79 Å². The third kappa shape index (κ3) is 1.74. The van der Waals surface area contributed by atoms with Crippen molar-refractivity contribution in [3.05, 3.63) is 29.7 Å². The van der Waals surface area contributed by atoms with E-state index in [2.05, 4.69) is 4.98 Å². The third-order valence-electron chi connectivity index (χ3n) is 2.22. The molecule has 2 aromatic rings. The van der Waals surface area contributed by atoms with E-state index < -0.39 is 0 Å². The van der Waals surface area contributed by atoms with Gasteiger partial charge in [-0.2, -0.15) is 0 Å². The molecule has 0 bridgehead atoms. The average molecular weight is 219 g/mol. The van der Waals surface area contributed by atoms with Crippen LogP contribution in [0.25, 0.3) is 17.2 Å². The number of aromatic nitrogens is 1. The van der Waals surface area contributed by atoms with E-state index in [0.717, 1.165) is 11.1 Å². The van der Waals surface area contributed by atoms with Crippen LogP contribution in [0.3, 0.4) is 0 Å². The highest BCUT2D eigenvalue weighted by molar-refractivity contribution is 5.95. The molecule has 4 heteroatoms. The molecule has 0 amide bonds. The molecule has 2 aromatic heterocycles. The Hall–Kier alpha value is -1.97. The van der Waals surface area contributed by atoms with Crippen LogP contribution < -0.4 is 0 Å². The van der Waals surface area contributed by atoms with Crippen molar-refractivity contribution in [2.75, 3.05) is 6.61 Å². The first kappa shape index (κ1) is 10.5. The second-order valence-corrected chi connectivity index (χ2v) is 3.33. The minimum Gasteiger partial charge on any atom is -0.462 e. The van der Waals surface area contributed by atoms with E-state index in [0.29, 0.717) is 17.9 Å². The van der Waals surface area contributed by atoms with Crippen molar-refractivity contribution >= 4 is 23.1 Å². The number of hydrogen-bond acceptors (Lipinski definition) is 3. The number of allylic oxidation sites excluding steroid dienone is 1. The number of aromatic amines is 1. The van der Waals surface area contributed by atoms with E-state index in [1.807, 2.05) is 19.1 Å². The van der Waals surface area contributed by atoms with Gasteiger partial charge in [-0.1, -0.05) is 12.2 Å². The summed E-state index contributed by atoms with van der Waals surface area (Å²) in [4.78, 5) is 14.5. The molecule has 0 aliphatic rings. The summed E-state index contributed by atoms with van der Waals surface area (Å²) in [5.41, 5.74) is 2.83. The Morgan fingerprint density at radius 1 is 1.62 bits per heavy atom. The second-order valence-electron chi connectivity index (χ2n) is 3.33. The first-order valence-electron chi connectivity index (χ1n) is 5.16. The maximum atomic E-state index is 11.5. The van der Waals surface area contributed by atoms with Crippen molar-refractivity contribution in [2.45, 2.75) is 13.8 Å². The zero-order chi connectivity index (χ0) is 11.5. The van der Waals surface area contributed by atoms with Crippen molar-refractivity contribution in [3.8, 4) is 0 Å². The lowest BCUT2D eigenvalue weighted by molar-refractivity contribution is 0.0520. The molecule has 0 aliphatic carbocycles. The van der Waals surface area contributed by atoms with Gasteiger partial charge < -0.3 is 14.1 Å². The van der Waals surface area contributed by atoms with Gasteiger partial charge in [0.15, 0.2) is 5.58 Å². The van der Waals surface area contributed by atoms with E-state index in [4.69, 9.17) is 9.15 Å². The smallest absolute Gasteiger partial charge is 0.354 e. The van der Waals surface area contributed by atoms with Crippen molar-refractivity contribution in [2.24, 2.45) is 0 Å². The molecule has 0 aromatic carbocycles. The van der Waals surface area contributed by atoms with Gasteiger partial charge in [-0.05, 0) is 13.8 Å². The Bertz CT molecular complexity index is 533. The monoisotopic (exact) mass is 219 g/mol. The minimum absolute atomic E-state index is 0.361. The van der Waals surface area contributed by atoms with Gasteiger partial charge in [0.05, 0.1) is 12.1 Å². The van der Waals surface area contributed by atoms with Crippen LogP contribution in [0.1, 0.15) is 29.9 Å². The maximum Gasteiger partial charge on any atom is 0.354 e. The van der Waals surface area contributed by atoms with Gasteiger partial charge in [-0.15, -0.1) is 0 Å². The number of carbonyl (C=O) groups is 1. The van der Waals surface area contributed by atoms with Crippen molar-refractivity contribution in [1.82, 2.24) is 4.98 Å². The summed E-state index contributed by atoms with van der Waals surface area (Å²) < 4.78 is 10.2. The van der Waals surface area contributed by atoms with Gasteiger partial charge in [0.25, 0.3) is 0 Å². The number of carbonyl (C=O) groups excluding carboxylic acids is 1. The normalized spacial score (nSPS) is 11.4. The quantitative estimate of drug-likeness (QED) is 0.807. The molecule has 0 unspecified atom stereocenters. The van der Waals surface area contributed by atoms with Crippen LogP contribution >= 0.6 is 0 Å². The Balaban J connectivity index is 2.40. The largest absolute Gasteiger partial charge is 0.462 e. The maximum absolute atomic E-state index is 11.5. The van der Waals surface area contributed by atoms with E-state index in [1.54, 1.807) is 19.3 Å². The van der Waals surface area contributed by atoms with Gasteiger partial charge in [-0.25, -0.2) is 4.79 Å². The van der Waals surface area contributed by atoms with Crippen LogP contribution in [-0.4, -0.2) is 17.6 Å². The lowest BCUT2D eigenvalue weighted by Crippen LogP contribution is -2.04. The minimum atomic E-state index is -0.361. The number of rotatable bonds is 3. The Labute approximate surface area is 92.9 Å². The highest BCUT2D eigenvalue weighted by Gasteiger charge is 2.13. The van der Waals surface area contributed by atoms with E-state index in [1.165, 1.54) is 0 Å². The number of H-pyrrole nitrogens is 1. The van der Waals surface area contributed by atoms with Crippen molar-refractivity contribution in [1.29, 1.82) is 0 Å². The van der Waals surface area contributed by atoms with Crippen LogP contribution in [0, 0.1) is 0 Å². The predicted molar refractivity (Wildman–Crippen MR) is 61.2 cm³/mol. The molecule has 0 saturated heterocycles. The van der Waals surface area contributed by atoms with Gasteiger partial charge in [0, 0.05) is 11.6 Å². The lowest BCUT2D eigenvalue weighted by Gasteiger charge is -1.97. The lowest BCUT2D eigenvalue weighted by atomic mass is 10.3. The van der Waals surface area contributed by atoms with Gasteiger partial charge >= 0.3 is 5.97 Å². The van der Waals surface area contributed by atoms with Crippen LogP contribution in [0.4, 0.5) is 0 Å². The Morgan fingerprint density at radius 3 is 3.12 bits per heavy atom. The van der Waals surface area contributed by atoms with Gasteiger partial charge in [0.1, 0.15) is 12.0 Å². The molecular weight excluding hydrogens is 206 g/mol. The number of nitrogens with one attached hydrogen (secondary N) is 1. The molecule has 0 saturated carbocycles. The molecule has 16 heavy (non-hydrogen) atoms. The van der Waals surface area contributed by atoms with Crippen LogP contribution in [0.2, 0.25) is 0 Å². The molecule has 0 aliphatic heterocycles. The molecule has 0 atom stereocenters. The summed E-state index contributed by atoms with van der Waals surface area (Å²) in [6, 6.07) is 1.65. The first-order chi connectivity index (χ1) is 7.76. The fourth-order valence-corrected chi connectivity index (χ4v) is 1.55. The predicted octanol–water partition coefficient (Wildman–Crippen LogP) is 2.97. The van der Waals surface area contributed by atoms with Crippen molar-refractivity contribution in [3.63, 3.8) is 0 Å². The first-order valence-corrected chi connectivity index (χ1v) is 5.16. The van der Waals surface area contributed by atoms with Gasteiger partial charge in [-0.3, -0.25) is 0 Å². The standard InChI is InChI=1S/C12H13NO3/c1-3-5-8-7-16-10-6-9(13-11(8)10)12(14)15-4-2/h3,5-7,13H,4H2,1-2H3/b5-3-. The summed E-state index contributed by atoms with van der Waals surface area (Å²) in [6.07, 6.45) is 5.47. The van der Waals surface area contributed by atoms with E-state index in [-0.39, 0.29) is 5.97 Å². The number of ether oxygens (including phenoxy) is 1. The third-order valence-corrected chi connectivity index (χ3v) is 2.22. The molecular formula is C12H13NO3. The Kier molecular flexibility index (Phi) is 2.81. The van der Waals surface area contributed by atoms with E-state index >= 15 is 0 Å². The van der Waals surface area contributed by atoms with Crippen LogP contribution in [0.15, 0.2) is 22.8 Å². The van der Waals surface area contributed by atoms with Crippen LogP contribution in [0.5, 0.6) is 0 Å². The molecule has 4 nitrogen and oxygen atoms in total. The Morgan fingerprint density at radius 2 is 2.44 bits per heavy atom. The fraction of sp³-hybridized carbons (Fsp3) is 0.250. The number of hydrogen-bond donors (Lipinski definition) is 1. The number of esters is 1. The average Bonchev–Trinajstić information content (AvgIpc) is 2.81. The highest BCUT2D eigenvalue weighted by atomic mass is 16.5. The number of furan rings is 1. The molecule has 84 valence electrons. The highest BCUT2D eigenvalue weighted by Crippen LogP contribution is 2.23. The number of fused-ring (bicyclic) bond motifs is 1. The molecule has 1 N–H and O–H groups in total. The summed E-state index contributed by atoms with van der Waals surface area (Å²) in [6.45, 7) is 4.06. The fourth-order valence-electron chi connectivity index (χ4n) is 1.55. The summed E-state index contributed by atoms with van der Waals surface area (Å²) >= 11 is 0. The molecule has 2 heterocycles. The summed E-state index contributed by atoms with van der Waals surface area (Å²) in [7, 11) is 0. The molecule has 0 fully saturated rings. The van der Waals surface area contributed by atoms with Gasteiger partial charge in [0.2, 0.25) is 0 Å². The zero-order valence-corrected chi connectivity index (χ0v) is 9.24.